The maximum atomic E-state index is 13.5. The van der Waals surface area contributed by atoms with E-state index in [9.17, 15) is 4.39 Å². The molecule has 0 fully saturated rings. The van der Waals surface area contributed by atoms with Crippen molar-refractivity contribution in [3.05, 3.63) is 34.9 Å². The van der Waals surface area contributed by atoms with Crippen LogP contribution in [0.25, 0.3) is 11.5 Å². The van der Waals surface area contributed by atoms with Crippen LogP contribution < -0.4 is 5.73 Å². The smallest absolute Gasteiger partial charge is 0.260 e. The topological polar surface area (TPSA) is 64.9 Å². The van der Waals surface area contributed by atoms with Crippen molar-refractivity contribution in [1.82, 2.24) is 10.1 Å². The van der Waals surface area contributed by atoms with Gasteiger partial charge in [-0.2, -0.15) is 4.98 Å². The number of nitrogens with zero attached hydrogens (tertiary/aromatic N) is 2. The average Bonchev–Trinajstić information content (AvgIpc) is 2.69. The lowest BCUT2D eigenvalue weighted by molar-refractivity contribution is 0.418. The van der Waals surface area contributed by atoms with E-state index in [0.717, 1.165) is 0 Å². The summed E-state index contributed by atoms with van der Waals surface area (Å²) in [6.07, 6.45) is 0.478. The van der Waals surface area contributed by atoms with Crippen LogP contribution in [0.4, 0.5) is 4.39 Å². The summed E-state index contributed by atoms with van der Waals surface area (Å²) < 4.78 is 18.5. The Morgan fingerprint density at radius 3 is 3.00 bits per heavy atom. The van der Waals surface area contributed by atoms with Crippen LogP contribution in [0, 0.1) is 5.82 Å². The van der Waals surface area contributed by atoms with E-state index in [1.54, 1.807) is 0 Å². The molecule has 1 heterocycles. The van der Waals surface area contributed by atoms with E-state index in [0.29, 0.717) is 17.3 Å². The standard InChI is InChI=1S/C11H11ClFN3O/c1-6(14)4-10-15-11(17-16-10)8-5-7(12)2-3-9(8)13/h2-3,5-6H,4,14H2,1H3. The molecule has 1 aromatic heterocycles. The molecule has 1 aromatic carbocycles. The van der Waals surface area contributed by atoms with Crippen molar-refractivity contribution >= 4 is 11.6 Å². The van der Waals surface area contributed by atoms with Gasteiger partial charge in [-0.1, -0.05) is 16.8 Å². The van der Waals surface area contributed by atoms with Crippen molar-refractivity contribution < 1.29 is 8.91 Å². The molecule has 0 radical (unpaired) electrons. The third-order valence-electron chi connectivity index (χ3n) is 2.13. The lowest BCUT2D eigenvalue weighted by atomic mass is 10.2. The van der Waals surface area contributed by atoms with E-state index in [1.807, 2.05) is 6.92 Å². The second-order valence-corrected chi connectivity index (χ2v) is 4.26. The molecule has 0 aliphatic heterocycles. The summed E-state index contributed by atoms with van der Waals surface area (Å²) in [5, 5.41) is 4.14. The molecule has 90 valence electrons. The number of hydrogen-bond donors (Lipinski definition) is 1. The van der Waals surface area contributed by atoms with Crippen molar-refractivity contribution in [3.8, 4) is 11.5 Å². The first-order valence-electron chi connectivity index (χ1n) is 5.10. The quantitative estimate of drug-likeness (QED) is 0.915. The molecule has 4 nitrogen and oxygen atoms in total. The third kappa shape index (κ3) is 2.81. The van der Waals surface area contributed by atoms with Gasteiger partial charge in [0.2, 0.25) is 0 Å². The lowest BCUT2D eigenvalue weighted by Gasteiger charge is -1.98. The summed E-state index contributed by atoms with van der Waals surface area (Å²) in [7, 11) is 0. The zero-order valence-electron chi connectivity index (χ0n) is 9.15. The molecular formula is C11H11ClFN3O. The van der Waals surface area contributed by atoms with Gasteiger partial charge in [0.1, 0.15) is 5.82 Å². The molecule has 0 bridgehead atoms. The Morgan fingerprint density at radius 1 is 1.53 bits per heavy atom. The van der Waals surface area contributed by atoms with Crippen LogP contribution in [0.15, 0.2) is 22.7 Å². The summed E-state index contributed by atoms with van der Waals surface area (Å²) in [5.41, 5.74) is 5.80. The molecule has 2 rings (SSSR count). The first kappa shape index (κ1) is 12.0. The summed E-state index contributed by atoms with van der Waals surface area (Å²) >= 11 is 5.78. The van der Waals surface area contributed by atoms with E-state index >= 15 is 0 Å². The molecule has 0 aliphatic rings. The predicted octanol–water partition coefficient (Wildman–Crippen LogP) is 2.42. The van der Waals surface area contributed by atoms with E-state index < -0.39 is 5.82 Å². The fourth-order valence-corrected chi connectivity index (χ4v) is 1.57. The normalized spacial score (nSPS) is 12.7. The monoisotopic (exact) mass is 255 g/mol. The minimum Gasteiger partial charge on any atom is -0.334 e. The molecular weight excluding hydrogens is 245 g/mol. The highest BCUT2D eigenvalue weighted by atomic mass is 35.5. The number of aromatic nitrogens is 2. The van der Waals surface area contributed by atoms with Gasteiger partial charge in [0.05, 0.1) is 5.56 Å². The second kappa shape index (κ2) is 4.81. The van der Waals surface area contributed by atoms with Gasteiger partial charge in [0.25, 0.3) is 5.89 Å². The van der Waals surface area contributed by atoms with Crippen LogP contribution in [0.1, 0.15) is 12.7 Å². The molecule has 2 N–H and O–H groups in total. The van der Waals surface area contributed by atoms with Gasteiger partial charge in [-0.05, 0) is 25.1 Å². The molecule has 2 aromatic rings. The number of hydrogen-bond acceptors (Lipinski definition) is 4. The van der Waals surface area contributed by atoms with Gasteiger partial charge < -0.3 is 10.3 Å². The predicted molar refractivity (Wildman–Crippen MR) is 62.1 cm³/mol. The zero-order chi connectivity index (χ0) is 12.4. The first-order chi connectivity index (χ1) is 8.06. The van der Waals surface area contributed by atoms with Crippen LogP contribution in [0.5, 0.6) is 0 Å². The van der Waals surface area contributed by atoms with Crippen molar-refractivity contribution in [2.45, 2.75) is 19.4 Å². The molecule has 1 unspecified atom stereocenters. The maximum Gasteiger partial charge on any atom is 0.260 e. The van der Waals surface area contributed by atoms with E-state index in [-0.39, 0.29) is 17.5 Å². The number of benzene rings is 1. The minimum atomic E-state index is -0.453. The summed E-state index contributed by atoms with van der Waals surface area (Å²) in [5.74, 6) is 0.112. The molecule has 6 heteroatoms. The highest BCUT2D eigenvalue weighted by molar-refractivity contribution is 6.30. The lowest BCUT2D eigenvalue weighted by Crippen LogP contribution is -2.18. The fourth-order valence-electron chi connectivity index (χ4n) is 1.40. The fraction of sp³-hybridized carbons (Fsp3) is 0.273. The van der Waals surface area contributed by atoms with Gasteiger partial charge >= 0.3 is 0 Å². The number of halogens is 2. The second-order valence-electron chi connectivity index (χ2n) is 3.82. The average molecular weight is 256 g/mol. The summed E-state index contributed by atoms with van der Waals surface area (Å²) in [6, 6.07) is 4.08. The van der Waals surface area contributed by atoms with Gasteiger partial charge in [0.15, 0.2) is 5.82 Å². The Balaban J connectivity index is 2.33. The Bertz CT molecular complexity index is 527. The van der Waals surface area contributed by atoms with Crippen molar-refractivity contribution in [1.29, 1.82) is 0 Å². The molecule has 0 saturated carbocycles. The minimum absolute atomic E-state index is 0.0790. The van der Waals surface area contributed by atoms with Crippen LogP contribution in [-0.2, 0) is 6.42 Å². The largest absolute Gasteiger partial charge is 0.334 e. The first-order valence-corrected chi connectivity index (χ1v) is 5.47. The van der Waals surface area contributed by atoms with Crippen LogP contribution in [0.2, 0.25) is 5.02 Å². The highest BCUT2D eigenvalue weighted by Gasteiger charge is 2.14. The van der Waals surface area contributed by atoms with E-state index in [4.69, 9.17) is 21.9 Å². The van der Waals surface area contributed by atoms with Crippen LogP contribution in [0.3, 0.4) is 0 Å². The third-order valence-corrected chi connectivity index (χ3v) is 2.37. The SMILES string of the molecule is CC(N)Cc1noc(-c2cc(Cl)ccc2F)n1. The Labute approximate surface area is 103 Å². The van der Waals surface area contributed by atoms with E-state index in [2.05, 4.69) is 10.1 Å². The Morgan fingerprint density at radius 2 is 2.29 bits per heavy atom. The number of rotatable bonds is 3. The van der Waals surface area contributed by atoms with Crippen molar-refractivity contribution in [2.75, 3.05) is 0 Å². The maximum absolute atomic E-state index is 13.5. The van der Waals surface area contributed by atoms with Gasteiger partial charge in [0, 0.05) is 17.5 Å². The van der Waals surface area contributed by atoms with E-state index in [1.165, 1.54) is 18.2 Å². The molecule has 0 aliphatic carbocycles. The van der Waals surface area contributed by atoms with Crippen LogP contribution >= 0.6 is 11.6 Å². The molecule has 17 heavy (non-hydrogen) atoms. The number of nitrogens with two attached hydrogens (primary N) is 1. The van der Waals surface area contributed by atoms with Crippen molar-refractivity contribution in [2.24, 2.45) is 5.73 Å². The van der Waals surface area contributed by atoms with Gasteiger partial charge in [-0.25, -0.2) is 4.39 Å². The van der Waals surface area contributed by atoms with Gasteiger partial charge in [-0.15, -0.1) is 0 Å². The molecule has 0 spiro atoms. The van der Waals surface area contributed by atoms with Crippen molar-refractivity contribution in [3.63, 3.8) is 0 Å². The Kier molecular flexibility index (Phi) is 3.40. The summed E-state index contributed by atoms with van der Waals surface area (Å²) in [6.45, 7) is 1.83. The zero-order valence-corrected chi connectivity index (χ0v) is 9.91. The molecule has 0 amide bonds. The summed E-state index contributed by atoms with van der Waals surface area (Å²) in [4.78, 5) is 4.07. The highest BCUT2D eigenvalue weighted by Crippen LogP contribution is 2.24. The molecule has 0 saturated heterocycles. The van der Waals surface area contributed by atoms with Crippen LogP contribution in [-0.4, -0.2) is 16.2 Å². The Hall–Kier alpha value is -1.46. The molecule has 1 atom stereocenters. The van der Waals surface area contributed by atoms with Gasteiger partial charge in [-0.3, -0.25) is 0 Å².